The van der Waals surface area contributed by atoms with Gasteiger partial charge in [0.2, 0.25) is 0 Å². The van der Waals surface area contributed by atoms with Gasteiger partial charge in [-0.25, -0.2) is 0 Å². The van der Waals surface area contributed by atoms with Crippen molar-refractivity contribution in [3.05, 3.63) is 0 Å². The minimum absolute atomic E-state index is 1.05. The molecule has 0 saturated heterocycles. The summed E-state index contributed by atoms with van der Waals surface area (Å²) < 4.78 is -2.19. The molecule has 0 aromatic heterocycles. The lowest BCUT2D eigenvalue weighted by atomic mass is 10.1. The molecule has 0 radical (unpaired) electrons. The molecule has 0 aromatic carbocycles. The van der Waals surface area contributed by atoms with Gasteiger partial charge in [-0.1, -0.05) is 191 Å². The van der Waals surface area contributed by atoms with Crippen molar-refractivity contribution in [2.75, 3.05) is 11.5 Å². The maximum atomic E-state index is 10.5. The summed E-state index contributed by atoms with van der Waals surface area (Å²) in [6.07, 6.45) is 36.2. The molecular weight excluding hydrogens is 504 g/mol. The lowest BCUT2D eigenvalue weighted by Crippen LogP contribution is -1.85. The van der Waals surface area contributed by atoms with E-state index < -0.39 is 4.67 Å². The highest BCUT2D eigenvalue weighted by atomic mass is 33.2. The summed E-state index contributed by atoms with van der Waals surface area (Å²) in [5.74, 6) is 2.11. The Morgan fingerprint density at radius 1 is 0.400 bits per heavy atom. The zero-order chi connectivity index (χ0) is 25.7. The van der Waals surface area contributed by atoms with Crippen LogP contribution >= 0.6 is 27.4 Å². The molecule has 1 nitrogen and oxygen atoms in total. The number of hydrogen-bond acceptors (Lipinski definition) is 3. The van der Waals surface area contributed by atoms with Gasteiger partial charge < -0.3 is 4.89 Å². The lowest BCUT2D eigenvalue weighted by molar-refractivity contribution is 0.543. The predicted octanol–water partition coefficient (Wildman–Crippen LogP) is 12.9. The van der Waals surface area contributed by atoms with Gasteiger partial charge >= 0.3 is 0 Å². The van der Waals surface area contributed by atoms with Crippen molar-refractivity contribution >= 4 is 39.2 Å². The summed E-state index contributed by atoms with van der Waals surface area (Å²) in [5, 5.41) is 0. The maximum Gasteiger partial charge on any atom is 0.172 e. The molecule has 212 valence electrons. The molecule has 35 heavy (non-hydrogen) atoms. The van der Waals surface area contributed by atoms with Gasteiger partial charge in [0.15, 0.2) is 4.67 Å². The summed E-state index contributed by atoms with van der Waals surface area (Å²) >= 11 is 8.91. The van der Waals surface area contributed by atoms with Crippen molar-refractivity contribution in [3.63, 3.8) is 0 Å². The second-order valence-corrected chi connectivity index (χ2v) is 21.3. The van der Waals surface area contributed by atoms with Gasteiger partial charge in [-0.15, -0.1) is 0 Å². The van der Waals surface area contributed by atoms with E-state index in [1.165, 1.54) is 167 Å². The smallest absolute Gasteiger partial charge is 0.172 e. The van der Waals surface area contributed by atoms with E-state index in [0.29, 0.717) is 0 Å². The van der Waals surface area contributed by atoms with Gasteiger partial charge in [0, 0.05) is 11.5 Å². The standard InChI is InChI=1S/C30H63OPS3/c1-3-5-7-9-11-13-15-17-19-21-23-25-27-29-34-32(31,33)35-30-28-26-24-22-20-18-16-14-12-10-8-6-4-2/h3-30H2,1-2H3,(H,31,33). The lowest BCUT2D eigenvalue weighted by Gasteiger charge is -2.13. The molecule has 1 N–H and O–H groups in total. The summed E-state index contributed by atoms with van der Waals surface area (Å²) in [7, 11) is 0. The Morgan fingerprint density at radius 3 is 0.829 bits per heavy atom. The summed E-state index contributed by atoms with van der Waals surface area (Å²) in [6.45, 7) is 4.58. The first kappa shape index (κ1) is 36.3. The first-order valence-electron chi connectivity index (χ1n) is 15.7. The molecule has 5 heteroatoms. The van der Waals surface area contributed by atoms with Crippen molar-refractivity contribution in [1.82, 2.24) is 0 Å². The molecule has 0 saturated carbocycles. The van der Waals surface area contributed by atoms with Crippen LogP contribution in [-0.2, 0) is 11.8 Å². The molecule has 0 heterocycles. The highest BCUT2D eigenvalue weighted by Gasteiger charge is 2.13. The first-order chi connectivity index (χ1) is 17.1. The molecule has 0 fully saturated rings. The Balaban J connectivity index is 3.28. The fourth-order valence-electron chi connectivity index (χ4n) is 4.64. The van der Waals surface area contributed by atoms with Crippen LogP contribution in [0, 0.1) is 0 Å². The number of rotatable bonds is 30. The van der Waals surface area contributed by atoms with Gasteiger partial charge in [-0.2, -0.15) is 0 Å². The van der Waals surface area contributed by atoms with Crippen LogP contribution in [0.5, 0.6) is 0 Å². The third-order valence-electron chi connectivity index (χ3n) is 7.00. The van der Waals surface area contributed by atoms with Crippen molar-refractivity contribution in [1.29, 1.82) is 0 Å². The molecule has 0 spiro atoms. The fourth-order valence-corrected chi connectivity index (χ4v) is 11.6. The summed E-state index contributed by atoms with van der Waals surface area (Å²) in [6, 6.07) is 0. The molecule has 0 atom stereocenters. The van der Waals surface area contributed by atoms with Gasteiger partial charge in [-0.3, -0.25) is 0 Å². The average Bonchev–Trinajstić information content (AvgIpc) is 2.84. The molecule has 0 aliphatic rings. The van der Waals surface area contributed by atoms with E-state index >= 15 is 0 Å². The maximum absolute atomic E-state index is 10.5. The van der Waals surface area contributed by atoms with Gasteiger partial charge in [0.05, 0.1) is 0 Å². The second-order valence-electron chi connectivity index (χ2n) is 10.6. The molecule has 0 amide bonds. The molecular formula is C30H63OPS3. The zero-order valence-electron chi connectivity index (χ0n) is 23.9. The first-order valence-corrected chi connectivity index (χ1v) is 21.7. The Labute approximate surface area is 235 Å². The quantitative estimate of drug-likeness (QED) is 0.0688. The predicted molar refractivity (Wildman–Crippen MR) is 173 cm³/mol. The van der Waals surface area contributed by atoms with Gasteiger partial charge in [0.25, 0.3) is 0 Å². The van der Waals surface area contributed by atoms with Crippen LogP contribution in [0.2, 0.25) is 0 Å². The monoisotopic (exact) mass is 566 g/mol. The Kier molecular flexibility index (Phi) is 31.0. The Bertz CT molecular complexity index is 411. The molecule has 0 aliphatic heterocycles. The van der Waals surface area contributed by atoms with E-state index in [2.05, 4.69) is 13.8 Å². The fraction of sp³-hybridized carbons (Fsp3) is 1.00. The van der Waals surface area contributed by atoms with Crippen LogP contribution < -0.4 is 0 Å². The van der Waals surface area contributed by atoms with Crippen LogP contribution in [0.25, 0.3) is 0 Å². The SMILES string of the molecule is CCCCCCCCCCCCCCCSP(O)(=S)SCCCCCCCCCCCCCCC. The largest absolute Gasteiger partial charge is 0.350 e. The van der Waals surface area contributed by atoms with E-state index in [1.54, 1.807) is 22.8 Å². The van der Waals surface area contributed by atoms with Crippen molar-refractivity contribution in [2.24, 2.45) is 0 Å². The van der Waals surface area contributed by atoms with E-state index in [-0.39, 0.29) is 0 Å². The van der Waals surface area contributed by atoms with Gasteiger partial charge in [-0.05, 0) is 24.6 Å². The second kappa shape index (κ2) is 29.9. The third-order valence-corrected chi connectivity index (χ3v) is 15.4. The van der Waals surface area contributed by atoms with Crippen LogP contribution in [0.1, 0.15) is 181 Å². The minimum atomic E-state index is -2.19. The molecule has 0 rings (SSSR count). The molecule has 0 bridgehead atoms. The minimum Gasteiger partial charge on any atom is -0.350 e. The summed E-state index contributed by atoms with van der Waals surface area (Å²) in [4.78, 5) is 10.5. The number of hydrogen-bond donors (Lipinski definition) is 1. The third kappa shape index (κ3) is 31.4. The van der Waals surface area contributed by atoms with Crippen LogP contribution in [0.4, 0.5) is 0 Å². The van der Waals surface area contributed by atoms with Crippen LogP contribution in [0.15, 0.2) is 0 Å². The van der Waals surface area contributed by atoms with Crippen molar-refractivity contribution in [2.45, 2.75) is 181 Å². The van der Waals surface area contributed by atoms with Crippen LogP contribution in [-0.4, -0.2) is 16.4 Å². The summed E-state index contributed by atoms with van der Waals surface area (Å²) in [5.41, 5.74) is 0. The average molecular weight is 567 g/mol. The normalized spacial score (nSPS) is 12.0. The van der Waals surface area contributed by atoms with Crippen LogP contribution in [0.3, 0.4) is 0 Å². The highest BCUT2D eigenvalue weighted by molar-refractivity contribution is 8.98. The van der Waals surface area contributed by atoms with E-state index in [9.17, 15) is 4.89 Å². The topological polar surface area (TPSA) is 20.2 Å². The zero-order valence-corrected chi connectivity index (χ0v) is 27.3. The van der Waals surface area contributed by atoms with Crippen molar-refractivity contribution in [3.8, 4) is 0 Å². The Morgan fingerprint density at radius 2 is 0.600 bits per heavy atom. The van der Waals surface area contributed by atoms with E-state index in [4.69, 9.17) is 11.8 Å². The van der Waals surface area contributed by atoms with Gasteiger partial charge in [0.1, 0.15) is 0 Å². The van der Waals surface area contributed by atoms with E-state index in [0.717, 1.165) is 11.5 Å². The van der Waals surface area contributed by atoms with E-state index in [1.807, 2.05) is 0 Å². The molecule has 0 aromatic rings. The molecule has 0 unspecified atom stereocenters. The Hall–Kier alpha value is 1.31. The van der Waals surface area contributed by atoms with Crippen molar-refractivity contribution < 1.29 is 4.89 Å². The molecule has 0 aliphatic carbocycles. The highest BCUT2D eigenvalue weighted by Crippen LogP contribution is 2.66. The number of unbranched alkanes of at least 4 members (excludes halogenated alkanes) is 24.